The van der Waals surface area contributed by atoms with Gasteiger partial charge in [0.1, 0.15) is 11.0 Å². The number of benzene rings is 1. The fourth-order valence-electron chi connectivity index (χ4n) is 4.78. The van der Waals surface area contributed by atoms with E-state index in [0.29, 0.717) is 5.41 Å². The molecule has 2 nitrogen and oxygen atoms in total. The number of aromatic nitrogens is 2. The Bertz CT molecular complexity index is 1310. The SMILES string of the molecule is Cc1c(-c2ccc(-c3sc4c(c3C)CC4(C)C)c3nsnc23)sc(C(C)(C)C)c1C. The average Bonchev–Trinajstić information content (AvgIpc) is 3.32. The van der Waals surface area contributed by atoms with E-state index in [1.807, 2.05) is 22.7 Å². The number of thiophene rings is 2. The monoisotopic (exact) mass is 452 g/mol. The van der Waals surface area contributed by atoms with Crippen LogP contribution in [0.5, 0.6) is 0 Å². The highest BCUT2D eigenvalue weighted by molar-refractivity contribution is 7.16. The first-order valence-electron chi connectivity index (χ1n) is 10.5. The Balaban J connectivity index is 1.70. The minimum absolute atomic E-state index is 0.153. The summed E-state index contributed by atoms with van der Waals surface area (Å²) in [7, 11) is 0. The molecule has 0 bridgehead atoms. The van der Waals surface area contributed by atoms with Crippen LogP contribution in [0.25, 0.3) is 31.9 Å². The maximum absolute atomic E-state index is 4.77. The second-order valence-corrected chi connectivity index (χ2v) is 12.9. The van der Waals surface area contributed by atoms with Gasteiger partial charge in [-0.05, 0) is 54.9 Å². The Morgan fingerprint density at radius 2 is 1.40 bits per heavy atom. The zero-order valence-electron chi connectivity index (χ0n) is 19.0. The number of rotatable bonds is 2. The van der Waals surface area contributed by atoms with Crippen molar-refractivity contribution in [3.8, 4) is 20.9 Å². The molecule has 0 saturated carbocycles. The second-order valence-electron chi connectivity index (χ2n) is 10.3. The van der Waals surface area contributed by atoms with Gasteiger partial charge in [0.05, 0.1) is 11.7 Å². The normalized spacial score (nSPS) is 15.5. The number of nitrogens with zero attached hydrogens (tertiary/aromatic N) is 2. The molecule has 1 aliphatic carbocycles. The minimum atomic E-state index is 0.153. The highest BCUT2D eigenvalue weighted by atomic mass is 32.1. The molecule has 1 aliphatic rings. The van der Waals surface area contributed by atoms with Gasteiger partial charge in [0.2, 0.25) is 0 Å². The van der Waals surface area contributed by atoms with E-state index in [4.69, 9.17) is 8.75 Å². The molecule has 4 aromatic rings. The van der Waals surface area contributed by atoms with Crippen molar-refractivity contribution in [3.63, 3.8) is 0 Å². The number of hydrogen-bond acceptors (Lipinski definition) is 5. The Morgan fingerprint density at radius 3 is 1.87 bits per heavy atom. The van der Waals surface area contributed by atoms with Crippen LogP contribution in [-0.4, -0.2) is 8.75 Å². The molecule has 3 aromatic heterocycles. The van der Waals surface area contributed by atoms with Gasteiger partial charge in [-0.3, -0.25) is 0 Å². The third-order valence-electron chi connectivity index (χ3n) is 6.54. The summed E-state index contributed by atoms with van der Waals surface area (Å²) in [4.78, 5) is 5.74. The van der Waals surface area contributed by atoms with Crippen molar-refractivity contribution in [2.75, 3.05) is 0 Å². The Morgan fingerprint density at radius 1 is 0.833 bits per heavy atom. The highest BCUT2D eigenvalue weighted by Gasteiger charge is 2.39. The summed E-state index contributed by atoms with van der Waals surface area (Å²) >= 11 is 5.22. The number of fused-ring (bicyclic) bond motifs is 2. The second kappa shape index (κ2) is 6.47. The van der Waals surface area contributed by atoms with Gasteiger partial charge in [0.25, 0.3) is 0 Å². The van der Waals surface area contributed by atoms with Gasteiger partial charge >= 0.3 is 0 Å². The molecule has 5 heteroatoms. The summed E-state index contributed by atoms with van der Waals surface area (Å²) in [6.07, 6.45) is 1.18. The molecule has 0 spiro atoms. The van der Waals surface area contributed by atoms with E-state index in [1.54, 1.807) is 10.4 Å². The van der Waals surface area contributed by atoms with Crippen LogP contribution in [0.4, 0.5) is 0 Å². The summed E-state index contributed by atoms with van der Waals surface area (Å²) in [6.45, 7) is 18.4. The molecule has 0 N–H and O–H groups in total. The van der Waals surface area contributed by atoms with Crippen molar-refractivity contribution >= 4 is 45.4 Å². The van der Waals surface area contributed by atoms with Gasteiger partial charge in [0, 0.05) is 36.1 Å². The molecule has 156 valence electrons. The lowest BCUT2D eigenvalue weighted by Gasteiger charge is -2.35. The number of hydrogen-bond donors (Lipinski definition) is 0. The predicted molar refractivity (Wildman–Crippen MR) is 134 cm³/mol. The van der Waals surface area contributed by atoms with Crippen LogP contribution < -0.4 is 0 Å². The smallest absolute Gasteiger partial charge is 0.114 e. The van der Waals surface area contributed by atoms with E-state index >= 15 is 0 Å². The average molecular weight is 453 g/mol. The summed E-state index contributed by atoms with van der Waals surface area (Å²) in [6, 6.07) is 4.57. The molecule has 0 amide bonds. The quantitative estimate of drug-likeness (QED) is 0.306. The van der Waals surface area contributed by atoms with Crippen LogP contribution >= 0.6 is 34.4 Å². The fraction of sp³-hybridized carbons (Fsp3) is 0.440. The summed E-state index contributed by atoms with van der Waals surface area (Å²) in [5, 5.41) is 0. The topological polar surface area (TPSA) is 25.8 Å². The van der Waals surface area contributed by atoms with Gasteiger partial charge in [-0.1, -0.05) is 46.8 Å². The first kappa shape index (κ1) is 20.3. The van der Waals surface area contributed by atoms with Crippen molar-refractivity contribution in [3.05, 3.63) is 44.1 Å². The largest absolute Gasteiger partial charge is 0.172 e. The molecule has 30 heavy (non-hydrogen) atoms. The Labute approximate surface area is 191 Å². The molecule has 0 unspecified atom stereocenters. The maximum atomic E-state index is 4.77. The zero-order valence-corrected chi connectivity index (χ0v) is 21.4. The molecule has 1 aromatic carbocycles. The van der Waals surface area contributed by atoms with E-state index < -0.39 is 0 Å². The van der Waals surface area contributed by atoms with Crippen LogP contribution in [0.1, 0.15) is 66.6 Å². The minimum Gasteiger partial charge on any atom is -0.172 e. The maximum Gasteiger partial charge on any atom is 0.114 e. The third kappa shape index (κ3) is 2.78. The van der Waals surface area contributed by atoms with Crippen LogP contribution in [0.3, 0.4) is 0 Å². The lowest BCUT2D eigenvalue weighted by Crippen LogP contribution is -2.30. The molecular weight excluding hydrogens is 424 g/mol. The van der Waals surface area contributed by atoms with E-state index in [0.717, 1.165) is 11.0 Å². The first-order chi connectivity index (χ1) is 14.0. The van der Waals surface area contributed by atoms with Gasteiger partial charge in [-0.25, -0.2) is 0 Å². The van der Waals surface area contributed by atoms with Gasteiger partial charge < -0.3 is 0 Å². The third-order valence-corrected chi connectivity index (χ3v) is 10.7. The molecule has 0 saturated heterocycles. The van der Waals surface area contributed by atoms with Gasteiger partial charge in [0.15, 0.2) is 0 Å². The summed E-state index contributed by atoms with van der Waals surface area (Å²) in [5.41, 5.74) is 10.8. The Hall–Kier alpha value is -1.56. The highest BCUT2D eigenvalue weighted by Crippen LogP contribution is 2.52. The molecular formula is C25H28N2S3. The Kier molecular flexibility index (Phi) is 4.39. The van der Waals surface area contributed by atoms with E-state index in [-0.39, 0.29) is 5.41 Å². The summed E-state index contributed by atoms with van der Waals surface area (Å²) < 4.78 is 9.54. The lowest BCUT2D eigenvalue weighted by molar-refractivity contribution is 0.468. The van der Waals surface area contributed by atoms with E-state index in [2.05, 4.69) is 67.5 Å². The molecule has 5 rings (SSSR count). The zero-order chi connectivity index (χ0) is 21.6. The van der Waals surface area contributed by atoms with Crippen LogP contribution in [0.2, 0.25) is 0 Å². The van der Waals surface area contributed by atoms with Crippen molar-refractivity contribution in [2.24, 2.45) is 0 Å². The van der Waals surface area contributed by atoms with Crippen molar-refractivity contribution < 1.29 is 0 Å². The molecule has 0 radical (unpaired) electrons. The lowest BCUT2D eigenvalue weighted by atomic mass is 9.71. The molecule has 3 heterocycles. The van der Waals surface area contributed by atoms with Crippen LogP contribution in [0.15, 0.2) is 12.1 Å². The molecule has 0 fully saturated rings. The van der Waals surface area contributed by atoms with E-state index in [1.165, 1.54) is 60.6 Å². The van der Waals surface area contributed by atoms with Crippen molar-refractivity contribution in [1.82, 2.24) is 8.75 Å². The standard InChI is InChI=1S/C25H28N2S3/c1-12-13(2)22(24(4,5)6)28-20(12)15-9-10-16(19-18(15)26-30-27-19)21-14(3)17-11-25(7,8)23(17)29-21/h9-10H,11H2,1-8H3. The fourth-order valence-corrected chi connectivity index (χ4v) is 8.20. The van der Waals surface area contributed by atoms with Crippen LogP contribution in [0, 0.1) is 20.8 Å². The summed E-state index contributed by atoms with van der Waals surface area (Å²) in [5.74, 6) is 0. The van der Waals surface area contributed by atoms with Crippen LogP contribution in [-0.2, 0) is 17.3 Å². The van der Waals surface area contributed by atoms with E-state index in [9.17, 15) is 0 Å². The van der Waals surface area contributed by atoms with Crippen molar-refractivity contribution in [1.29, 1.82) is 0 Å². The van der Waals surface area contributed by atoms with Gasteiger partial charge in [-0.15, -0.1) is 22.7 Å². The predicted octanol–water partition coefficient (Wildman–Crippen LogP) is 8.20. The van der Waals surface area contributed by atoms with Gasteiger partial charge in [-0.2, -0.15) is 8.75 Å². The first-order valence-corrected chi connectivity index (χ1v) is 12.9. The molecule has 0 atom stereocenters. The van der Waals surface area contributed by atoms with Crippen molar-refractivity contribution in [2.45, 2.75) is 72.6 Å². The molecule has 0 aliphatic heterocycles.